The molecule has 0 radical (unpaired) electrons. The Morgan fingerprint density at radius 3 is 2.94 bits per heavy atom. The molecule has 4 nitrogen and oxygen atoms in total. The number of aldehydes is 1. The Labute approximate surface area is 108 Å². The zero-order valence-electron chi connectivity index (χ0n) is 9.56. The Morgan fingerprint density at radius 2 is 2.33 bits per heavy atom. The van der Waals surface area contributed by atoms with Gasteiger partial charge in [-0.05, 0) is 18.2 Å². The second kappa shape index (κ2) is 5.29. The Bertz CT molecular complexity index is 583. The average molecular weight is 269 g/mol. The standard InChI is InChI=1S/C12H10ClFN2O2/c1-18-7-11-10(6-17)12(13)16(15-11)9-4-2-3-8(14)5-9/h2-6H,7H2,1H3. The first-order chi connectivity index (χ1) is 8.67. The van der Waals surface area contributed by atoms with Crippen LogP contribution in [0.3, 0.4) is 0 Å². The smallest absolute Gasteiger partial charge is 0.155 e. The zero-order valence-corrected chi connectivity index (χ0v) is 10.3. The fraction of sp³-hybridized carbons (Fsp3) is 0.167. The summed E-state index contributed by atoms with van der Waals surface area (Å²) in [5.74, 6) is -0.403. The molecule has 0 N–H and O–H groups in total. The molecule has 6 heteroatoms. The molecular formula is C12H10ClFN2O2. The van der Waals surface area contributed by atoms with Crippen molar-refractivity contribution in [2.24, 2.45) is 0 Å². The molecule has 0 aliphatic rings. The van der Waals surface area contributed by atoms with E-state index < -0.39 is 5.82 Å². The van der Waals surface area contributed by atoms with E-state index in [1.54, 1.807) is 12.1 Å². The molecule has 0 spiro atoms. The van der Waals surface area contributed by atoms with Crippen molar-refractivity contribution in [3.05, 3.63) is 46.5 Å². The van der Waals surface area contributed by atoms with Crippen LogP contribution in [0.4, 0.5) is 4.39 Å². The van der Waals surface area contributed by atoms with Gasteiger partial charge in [-0.25, -0.2) is 9.07 Å². The van der Waals surface area contributed by atoms with Crippen molar-refractivity contribution in [2.45, 2.75) is 6.61 Å². The van der Waals surface area contributed by atoms with Crippen LogP contribution in [0.2, 0.25) is 5.15 Å². The summed E-state index contributed by atoms with van der Waals surface area (Å²) in [6, 6.07) is 5.79. The third-order valence-corrected chi connectivity index (χ3v) is 2.76. The first-order valence-electron chi connectivity index (χ1n) is 5.15. The fourth-order valence-electron chi connectivity index (χ4n) is 1.59. The van der Waals surface area contributed by atoms with Crippen molar-refractivity contribution in [1.29, 1.82) is 0 Å². The van der Waals surface area contributed by atoms with Crippen LogP contribution in [0.25, 0.3) is 5.69 Å². The van der Waals surface area contributed by atoms with E-state index >= 15 is 0 Å². The predicted molar refractivity (Wildman–Crippen MR) is 64.6 cm³/mol. The largest absolute Gasteiger partial charge is 0.378 e. The van der Waals surface area contributed by atoms with E-state index in [2.05, 4.69) is 5.10 Å². The van der Waals surface area contributed by atoms with Gasteiger partial charge in [-0.1, -0.05) is 17.7 Å². The SMILES string of the molecule is COCc1nn(-c2cccc(F)c2)c(Cl)c1C=O. The molecule has 94 valence electrons. The highest BCUT2D eigenvalue weighted by Crippen LogP contribution is 2.23. The lowest BCUT2D eigenvalue weighted by atomic mass is 10.3. The second-order valence-corrected chi connectivity index (χ2v) is 3.95. The number of hydrogen-bond donors (Lipinski definition) is 0. The molecule has 2 aromatic rings. The Morgan fingerprint density at radius 1 is 1.56 bits per heavy atom. The first-order valence-corrected chi connectivity index (χ1v) is 5.52. The number of methoxy groups -OCH3 is 1. The van der Waals surface area contributed by atoms with Crippen LogP contribution in [0, 0.1) is 5.82 Å². The van der Waals surface area contributed by atoms with Gasteiger partial charge < -0.3 is 4.74 Å². The molecule has 1 heterocycles. The highest BCUT2D eigenvalue weighted by atomic mass is 35.5. The number of ether oxygens (including phenoxy) is 1. The van der Waals surface area contributed by atoms with Crippen molar-refractivity contribution in [1.82, 2.24) is 9.78 Å². The van der Waals surface area contributed by atoms with Gasteiger partial charge in [0, 0.05) is 7.11 Å². The molecule has 0 unspecified atom stereocenters. The Hall–Kier alpha value is -1.72. The van der Waals surface area contributed by atoms with Crippen LogP contribution >= 0.6 is 11.6 Å². The van der Waals surface area contributed by atoms with Gasteiger partial charge >= 0.3 is 0 Å². The minimum atomic E-state index is -0.403. The summed E-state index contributed by atoms with van der Waals surface area (Å²) in [4.78, 5) is 11.0. The van der Waals surface area contributed by atoms with Crippen molar-refractivity contribution in [2.75, 3.05) is 7.11 Å². The van der Waals surface area contributed by atoms with Gasteiger partial charge in [-0.15, -0.1) is 0 Å². The van der Waals surface area contributed by atoms with Crippen LogP contribution < -0.4 is 0 Å². The van der Waals surface area contributed by atoms with Gasteiger partial charge in [0.15, 0.2) is 6.29 Å². The summed E-state index contributed by atoms with van der Waals surface area (Å²) >= 11 is 6.04. The third-order valence-electron chi connectivity index (χ3n) is 2.39. The molecule has 0 aliphatic carbocycles. The number of hydrogen-bond acceptors (Lipinski definition) is 3. The van der Waals surface area contributed by atoms with Crippen molar-refractivity contribution in [3.63, 3.8) is 0 Å². The third kappa shape index (κ3) is 2.27. The van der Waals surface area contributed by atoms with Crippen molar-refractivity contribution < 1.29 is 13.9 Å². The maximum atomic E-state index is 13.1. The van der Waals surface area contributed by atoms with Gasteiger partial charge in [0.25, 0.3) is 0 Å². The Balaban J connectivity index is 2.54. The minimum absolute atomic E-state index is 0.141. The summed E-state index contributed by atoms with van der Waals surface area (Å²) in [5.41, 5.74) is 1.12. The predicted octanol–water partition coefficient (Wildman–Crippen LogP) is 2.62. The molecule has 0 saturated heterocycles. The van der Waals surface area contributed by atoms with Gasteiger partial charge in [0.05, 0.1) is 17.9 Å². The molecular weight excluding hydrogens is 259 g/mol. The molecule has 0 bridgehead atoms. The second-order valence-electron chi connectivity index (χ2n) is 3.59. The quantitative estimate of drug-likeness (QED) is 0.801. The molecule has 0 saturated carbocycles. The van der Waals surface area contributed by atoms with Crippen LogP contribution in [0.15, 0.2) is 24.3 Å². The fourth-order valence-corrected chi connectivity index (χ4v) is 1.88. The number of benzene rings is 1. The maximum Gasteiger partial charge on any atom is 0.155 e. The van der Waals surface area contributed by atoms with Crippen molar-refractivity contribution >= 4 is 17.9 Å². The Kier molecular flexibility index (Phi) is 3.74. The normalized spacial score (nSPS) is 10.6. The van der Waals surface area contributed by atoms with E-state index in [0.717, 1.165) is 0 Å². The summed E-state index contributed by atoms with van der Waals surface area (Å²) in [6.07, 6.45) is 0.611. The molecule has 0 aliphatic heterocycles. The van der Waals surface area contributed by atoms with Crippen LogP contribution in [0.1, 0.15) is 16.1 Å². The lowest BCUT2D eigenvalue weighted by Gasteiger charge is -2.02. The van der Waals surface area contributed by atoms with Gasteiger partial charge in [-0.2, -0.15) is 5.10 Å². The van der Waals surface area contributed by atoms with Gasteiger partial charge in [0.2, 0.25) is 0 Å². The summed E-state index contributed by atoms with van der Waals surface area (Å²) in [5, 5.41) is 4.28. The molecule has 2 rings (SSSR count). The van der Waals surface area contributed by atoms with Gasteiger partial charge in [0.1, 0.15) is 16.7 Å². The lowest BCUT2D eigenvalue weighted by Crippen LogP contribution is -1.98. The highest BCUT2D eigenvalue weighted by Gasteiger charge is 2.16. The van der Waals surface area contributed by atoms with Crippen molar-refractivity contribution in [3.8, 4) is 5.69 Å². The van der Waals surface area contributed by atoms with E-state index in [4.69, 9.17) is 16.3 Å². The van der Waals surface area contributed by atoms with Crippen LogP contribution in [-0.4, -0.2) is 23.2 Å². The van der Waals surface area contributed by atoms with E-state index in [9.17, 15) is 9.18 Å². The van der Waals surface area contributed by atoms with E-state index in [-0.39, 0.29) is 17.3 Å². The summed E-state index contributed by atoms with van der Waals surface area (Å²) in [7, 11) is 1.49. The summed E-state index contributed by atoms with van der Waals surface area (Å²) in [6.45, 7) is 0.163. The number of carbonyl (C=O) groups excluding carboxylic acids is 1. The van der Waals surface area contributed by atoms with E-state index in [1.807, 2.05) is 0 Å². The number of nitrogens with zero attached hydrogens (tertiary/aromatic N) is 2. The zero-order chi connectivity index (χ0) is 13.1. The maximum absolute atomic E-state index is 13.1. The topological polar surface area (TPSA) is 44.1 Å². The molecule has 1 aromatic heterocycles. The molecule has 18 heavy (non-hydrogen) atoms. The molecule has 0 atom stereocenters. The van der Waals surface area contributed by atoms with Gasteiger partial charge in [-0.3, -0.25) is 4.79 Å². The highest BCUT2D eigenvalue weighted by molar-refractivity contribution is 6.32. The monoisotopic (exact) mass is 268 g/mol. The van der Waals surface area contributed by atoms with E-state index in [1.165, 1.54) is 23.9 Å². The molecule has 1 aromatic carbocycles. The minimum Gasteiger partial charge on any atom is -0.378 e. The number of carbonyl (C=O) groups is 1. The number of rotatable bonds is 4. The summed E-state index contributed by atoms with van der Waals surface area (Å²) < 4.78 is 19.4. The average Bonchev–Trinajstić information content (AvgIpc) is 2.66. The van der Waals surface area contributed by atoms with Crippen LogP contribution in [0.5, 0.6) is 0 Å². The number of aromatic nitrogens is 2. The van der Waals surface area contributed by atoms with Crippen LogP contribution in [-0.2, 0) is 11.3 Å². The first kappa shape index (κ1) is 12.7. The lowest BCUT2D eigenvalue weighted by molar-refractivity contribution is 0.111. The molecule has 0 fully saturated rings. The van der Waals surface area contributed by atoms with E-state index in [0.29, 0.717) is 17.7 Å². The molecule has 0 amide bonds. The number of halogens is 2.